The van der Waals surface area contributed by atoms with Crippen LogP contribution in [0.2, 0.25) is 5.02 Å². The third kappa shape index (κ3) is 4.16. The minimum atomic E-state index is -2.23. The number of hydroxylamine groups is 1. The molecule has 2 N–H and O–H groups in total. The minimum Gasteiger partial charge on any atom is -0.465 e. The summed E-state index contributed by atoms with van der Waals surface area (Å²) in [4.78, 5) is 25.8. The molecule has 0 saturated heterocycles. The van der Waals surface area contributed by atoms with Crippen molar-refractivity contribution >= 4 is 29.0 Å². The quantitative estimate of drug-likeness (QED) is 0.337. The Kier molecular flexibility index (Phi) is 6.71. The zero-order chi connectivity index (χ0) is 28.6. The van der Waals surface area contributed by atoms with Gasteiger partial charge in [-0.2, -0.15) is 0 Å². The van der Waals surface area contributed by atoms with E-state index in [1.807, 2.05) is 6.92 Å². The van der Waals surface area contributed by atoms with Gasteiger partial charge >= 0.3 is 5.97 Å². The maximum absolute atomic E-state index is 17.5. The van der Waals surface area contributed by atoms with Gasteiger partial charge in [-0.05, 0) is 104 Å². The number of alkyl halides is 2. The number of ketones is 1. The molecule has 0 bridgehead atoms. The summed E-state index contributed by atoms with van der Waals surface area (Å²) in [6.45, 7) is 3.85. The lowest BCUT2D eigenvalue weighted by Gasteiger charge is -2.62. The summed E-state index contributed by atoms with van der Waals surface area (Å²) in [6.07, 6.45) is 2.98. The fraction of sp³-hybridized carbons (Fsp3) is 0.613. The normalized spacial score (nSPS) is 42.0. The second kappa shape index (κ2) is 9.63. The molecule has 9 atom stereocenters. The Morgan fingerprint density at radius 2 is 1.88 bits per heavy atom. The second-order valence-electron chi connectivity index (χ2n) is 13.1. The molecule has 5 aliphatic carbocycles. The van der Waals surface area contributed by atoms with Gasteiger partial charge in [-0.3, -0.25) is 19.9 Å². The number of hydrogen-bond acceptors (Lipinski definition) is 6. The fourth-order valence-electron chi connectivity index (χ4n) is 8.54. The maximum Gasteiger partial charge on any atom is 0.309 e. The summed E-state index contributed by atoms with van der Waals surface area (Å²) in [7, 11) is 0. The molecular weight excluding hydrogens is 540 g/mol. The van der Waals surface area contributed by atoms with Crippen LogP contribution >= 0.6 is 11.6 Å². The molecule has 6 nitrogen and oxygen atoms in total. The van der Waals surface area contributed by atoms with Gasteiger partial charge in [0.25, 0.3) is 0 Å². The first kappa shape index (κ1) is 27.9. The molecule has 1 aromatic rings. The molecular formula is C31H36ClF2NO5. The Morgan fingerprint density at radius 3 is 2.55 bits per heavy atom. The first-order chi connectivity index (χ1) is 18.9. The van der Waals surface area contributed by atoms with Gasteiger partial charge in [-0.1, -0.05) is 24.6 Å². The summed E-state index contributed by atoms with van der Waals surface area (Å²) < 4.78 is 39.1. The Hall–Kier alpha value is -2.29. The number of hydrogen-bond donors (Lipinski definition) is 2. The number of nitrogens with zero attached hydrogens (tertiary/aromatic N) is 1. The molecule has 0 aliphatic heterocycles. The van der Waals surface area contributed by atoms with E-state index in [-0.39, 0.29) is 25.0 Å². The van der Waals surface area contributed by atoms with Crippen LogP contribution in [0.25, 0.3) is 0 Å². The van der Waals surface area contributed by atoms with E-state index in [9.17, 15) is 19.9 Å². The summed E-state index contributed by atoms with van der Waals surface area (Å²) in [5.74, 6) is -2.95. The third-order valence-electron chi connectivity index (χ3n) is 10.7. The van der Waals surface area contributed by atoms with E-state index >= 15 is 8.78 Å². The SMILES string of the molecule is C[C@]12C[C@H](O)[C@@]3(F)[C@@H](C[C@H](F)C4=CC(=O)C=C[C@@]43C)[C@@H]1C[C@@H](CN(O)c1ccc(Cl)cc1)[C@@H]2C(=O)OCC1CC1. The second-order valence-corrected chi connectivity index (χ2v) is 13.5. The minimum absolute atomic E-state index is 0.0155. The highest BCUT2D eigenvalue weighted by Crippen LogP contribution is 2.70. The van der Waals surface area contributed by atoms with E-state index < -0.39 is 64.2 Å². The van der Waals surface area contributed by atoms with E-state index in [1.54, 1.807) is 31.2 Å². The topological polar surface area (TPSA) is 87.1 Å². The van der Waals surface area contributed by atoms with Crippen molar-refractivity contribution in [1.82, 2.24) is 0 Å². The zero-order valence-corrected chi connectivity index (χ0v) is 23.5. The zero-order valence-electron chi connectivity index (χ0n) is 22.7. The average molecular weight is 576 g/mol. The number of rotatable bonds is 6. The number of aliphatic hydroxyl groups excluding tert-OH is 1. The van der Waals surface area contributed by atoms with E-state index in [2.05, 4.69) is 0 Å². The van der Waals surface area contributed by atoms with Gasteiger partial charge in [-0.25, -0.2) is 8.78 Å². The highest BCUT2D eigenvalue weighted by atomic mass is 35.5. The Labute approximate surface area is 238 Å². The molecule has 0 aromatic heterocycles. The number of carbonyl (C=O) groups excluding carboxylic acids is 2. The molecule has 4 saturated carbocycles. The molecule has 6 rings (SSSR count). The number of esters is 1. The van der Waals surface area contributed by atoms with Crippen molar-refractivity contribution in [2.45, 2.75) is 63.9 Å². The van der Waals surface area contributed by atoms with Crippen LogP contribution < -0.4 is 5.06 Å². The number of halogens is 3. The van der Waals surface area contributed by atoms with Gasteiger partial charge in [0, 0.05) is 22.9 Å². The van der Waals surface area contributed by atoms with E-state index in [0.717, 1.165) is 17.9 Å². The van der Waals surface area contributed by atoms with Crippen LogP contribution in [0.4, 0.5) is 14.5 Å². The van der Waals surface area contributed by atoms with Crippen LogP contribution in [0.3, 0.4) is 0 Å². The number of anilines is 1. The number of allylic oxidation sites excluding steroid dienone is 4. The van der Waals surface area contributed by atoms with Crippen molar-refractivity contribution in [3.8, 4) is 0 Å². The van der Waals surface area contributed by atoms with Gasteiger partial charge in [0.1, 0.15) is 6.17 Å². The number of aliphatic hydroxyl groups is 1. The largest absolute Gasteiger partial charge is 0.465 e. The molecule has 0 radical (unpaired) electrons. The van der Waals surface area contributed by atoms with Crippen LogP contribution in [0, 0.1) is 40.4 Å². The first-order valence-electron chi connectivity index (χ1n) is 14.2. The summed E-state index contributed by atoms with van der Waals surface area (Å²) in [6, 6.07) is 6.65. The summed E-state index contributed by atoms with van der Waals surface area (Å²) in [5.41, 5.74) is -4.03. The van der Waals surface area contributed by atoms with Crippen molar-refractivity contribution < 1.29 is 33.4 Å². The third-order valence-corrected chi connectivity index (χ3v) is 11.0. The molecule has 4 fully saturated rings. The van der Waals surface area contributed by atoms with Crippen LogP contribution in [-0.4, -0.2) is 53.2 Å². The molecule has 216 valence electrons. The van der Waals surface area contributed by atoms with E-state index in [1.165, 1.54) is 18.2 Å². The monoisotopic (exact) mass is 575 g/mol. The Morgan fingerprint density at radius 1 is 1.18 bits per heavy atom. The number of ether oxygens (including phenoxy) is 1. The molecule has 9 heteroatoms. The van der Waals surface area contributed by atoms with Crippen molar-refractivity contribution in [3.05, 3.63) is 53.1 Å². The van der Waals surface area contributed by atoms with Crippen LogP contribution in [-0.2, 0) is 14.3 Å². The van der Waals surface area contributed by atoms with Crippen molar-refractivity contribution in [3.63, 3.8) is 0 Å². The molecule has 0 heterocycles. The van der Waals surface area contributed by atoms with Crippen LogP contribution in [0.5, 0.6) is 0 Å². The lowest BCUT2D eigenvalue weighted by molar-refractivity contribution is -0.205. The highest BCUT2D eigenvalue weighted by molar-refractivity contribution is 6.30. The fourth-order valence-corrected chi connectivity index (χ4v) is 8.67. The average Bonchev–Trinajstić information content (AvgIpc) is 3.69. The predicted octanol–water partition coefficient (Wildman–Crippen LogP) is 5.65. The molecule has 40 heavy (non-hydrogen) atoms. The lowest BCUT2D eigenvalue weighted by atomic mass is 9.45. The van der Waals surface area contributed by atoms with Gasteiger partial charge < -0.3 is 9.84 Å². The summed E-state index contributed by atoms with van der Waals surface area (Å²) >= 11 is 6.01. The highest BCUT2D eigenvalue weighted by Gasteiger charge is 2.73. The van der Waals surface area contributed by atoms with Crippen molar-refractivity contribution in [1.29, 1.82) is 0 Å². The molecule has 0 unspecified atom stereocenters. The molecule has 0 spiro atoms. The Bertz CT molecular complexity index is 1270. The van der Waals surface area contributed by atoms with Crippen molar-refractivity contribution in [2.75, 3.05) is 18.2 Å². The number of carbonyl (C=O) groups is 2. The van der Waals surface area contributed by atoms with Gasteiger partial charge in [0.05, 0.1) is 24.3 Å². The smallest absolute Gasteiger partial charge is 0.309 e. The number of benzene rings is 1. The molecule has 1 aromatic carbocycles. The van der Waals surface area contributed by atoms with Crippen LogP contribution in [0.15, 0.2) is 48.1 Å². The Balaban J connectivity index is 1.37. The van der Waals surface area contributed by atoms with Gasteiger partial charge in [-0.15, -0.1) is 0 Å². The lowest BCUT2D eigenvalue weighted by Crippen LogP contribution is -2.68. The van der Waals surface area contributed by atoms with Crippen LogP contribution in [0.1, 0.15) is 46.0 Å². The maximum atomic E-state index is 17.5. The van der Waals surface area contributed by atoms with Crippen molar-refractivity contribution in [2.24, 2.45) is 40.4 Å². The van der Waals surface area contributed by atoms with E-state index in [4.69, 9.17) is 16.3 Å². The molecule has 5 aliphatic rings. The van der Waals surface area contributed by atoms with Gasteiger partial charge in [0.2, 0.25) is 0 Å². The first-order valence-corrected chi connectivity index (χ1v) is 14.6. The predicted molar refractivity (Wildman–Crippen MR) is 145 cm³/mol. The van der Waals surface area contributed by atoms with E-state index in [0.29, 0.717) is 29.7 Å². The molecule has 0 amide bonds. The van der Waals surface area contributed by atoms with Gasteiger partial charge in [0.15, 0.2) is 11.5 Å². The number of fused-ring (bicyclic) bond motifs is 5. The standard InChI is InChI=1S/C31H36ClF2NO5/c1-29-14-26(37)31(34)23(13-25(33)24-12-21(36)9-10-30(24,31)2)22(29)11-18(27(29)28(38)40-16-17-3-4-17)15-35(39)20-7-5-19(32)6-8-20/h5-10,12,17-18,22-23,25-27,37,39H,3-4,11,13-16H2,1-2H3/t18-,22-,23-,25-,26-,27+,29-,30-,31-/m0/s1. The summed E-state index contributed by atoms with van der Waals surface area (Å²) in [5, 5.41) is 24.2.